The lowest BCUT2D eigenvalue weighted by Crippen LogP contribution is -2.34. The van der Waals surface area contributed by atoms with E-state index < -0.39 is 0 Å². The molecular weight excluding hydrogens is 276 g/mol. The van der Waals surface area contributed by atoms with Crippen LogP contribution in [0.3, 0.4) is 0 Å². The van der Waals surface area contributed by atoms with Crippen molar-refractivity contribution in [3.8, 4) is 0 Å². The minimum Gasteiger partial charge on any atom is -0.411 e. The van der Waals surface area contributed by atoms with E-state index in [-0.39, 0.29) is 16.6 Å². The quantitative estimate of drug-likeness (QED) is 0.162. The zero-order chi connectivity index (χ0) is 14.1. The average molecular weight is 289 g/mol. The molecule has 0 aliphatic carbocycles. The molecule has 0 aromatic heterocycles. The number of benzene rings is 1. The third kappa shape index (κ3) is 5.58. The molecule has 1 aromatic rings. The second kappa shape index (κ2) is 8.40. The highest BCUT2D eigenvalue weighted by molar-refractivity contribution is 7.80. The molecular formula is C10H13ClN4O2S. The fourth-order valence-corrected chi connectivity index (χ4v) is 1.11. The first kappa shape index (κ1) is 16.3. The number of hydrogen-bond acceptors (Lipinski definition) is 5. The predicted octanol–water partition coefficient (Wildman–Crippen LogP) is 1.07. The molecule has 0 atom stereocenters. The van der Waals surface area contributed by atoms with Crippen molar-refractivity contribution < 1.29 is 10.0 Å². The topological polar surface area (TPSA) is 114 Å². The van der Waals surface area contributed by atoms with Crippen LogP contribution in [-0.4, -0.2) is 21.8 Å². The summed E-state index contributed by atoms with van der Waals surface area (Å²) in [6.07, 6.45) is 0. The SMILES string of the molecule is CC(=NO)C(=O)c1ccccc1Cl.NNC(N)=S. The minimum absolute atomic E-state index is 0.0214. The third-order valence-corrected chi connectivity index (χ3v) is 2.19. The van der Waals surface area contributed by atoms with Crippen LogP contribution in [0.15, 0.2) is 29.4 Å². The summed E-state index contributed by atoms with van der Waals surface area (Å²) in [7, 11) is 0. The first-order valence-electron chi connectivity index (χ1n) is 4.68. The molecule has 0 amide bonds. The molecule has 0 saturated heterocycles. The number of oxime groups is 1. The van der Waals surface area contributed by atoms with E-state index in [1.165, 1.54) is 6.92 Å². The summed E-state index contributed by atoms with van der Waals surface area (Å²) in [6.45, 7) is 1.42. The number of halogens is 1. The summed E-state index contributed by atoms with van der Waals surface area (Å²) >= 11 is 10.0. The van der Waals surface area contributed by atoms with Gasteiger partial charge < -0.3 is 16.4 Å². The monoisotopic (exact) mass is 288 g/mol. The Morgan fingerprint density at radius 2 is 2.00 bits per heavy atom. The Bertz CT molecular complexity index is 465. The standard InChI is InChI=1S/C9H8ClNO2.CH5N3S/c1-6(11-13)9(12)7-4-2-3-5-8(7)10;2-1(5)4-3/h2-5,13H,1H3;3H2,(H3,2,4,5). The molecule has 1 rings (SSSR count). The number of ketones is 1. The number of nitrogens with zero attached hydrogens (tertiary/aromatic N) is 1. The third-order valence-electron chi connectivity index (χ3n) is 1.74. The summed E-state index contributed by atoms with van der Waals surface area (Å²) in [5, 5.41) is 11.7. The largest absolute Gasteiger partial charge is 0.411 e. The van der Waals surface area contributed by atoms with Gasteiger partial charge in [-0.1, -0.05) is 28.9 Å². The molecule has 1 aromatic carbocycles. The summed E-state index contributed by atoms with van der Waals surface area (Å²) in [5.74, 6) is 4.29. The van der Waals surface area contributed by atoms with Gasteiger partial charge in [-0.3, -0.25) is 4.79 Å². The Labute approximate surface area is 115 Å². The van der Waals surface area contributed by atoms with Crippen molar-refractivity contribution in [1.29, 1.82) is 0 Å². The van der Waals surface area contributed by atoms with Crippen molar-refractivity contribution in [1.82, 2.24) is 5.43 Å². The molecule has 0 fully saturated rings. The second-order valence-corrected chi connectivity index (χ2v) is 3.85. The lowest BCUT2D eigenvalue weighted by Gasteiger charge is -2.00. The van der Waals surface area contributed by atoms with Crippen molar-refractivity contribution in [3.05, 3.63) is 34.9 Å². The van der Waals surface area contributed by atoms with Gasteiger partial charge in [0.15, 0.2) is 5.11 Å². The summed E-state index contributed by atoms with van der Waals surface area (Å²) in [5.41, 5.74) is 7.19. The Balaban J connectivity index is 0.000000494. The maximum absolute atomic E-state index is 11.4. The average Bonchev–Trinajstić information content (AvgIpc) is 2.38. The van der Waals surface area contributed by atoms with Gasteiger partial charge in [-0.25, -0.2) is 5.84 Å². The van der Waals surface area contributed by atoms with Crippen LogP contribution in [0.2, 0.25) is 5.02 Å². The molecule has 0 spiro atoms. The van der Waals surface area contributed by atoms with Gasteiger partial charge in [0.05, 0.1) is 5.02 Å². The number of carbonyl (C=O) groups is 1. The van der Waals surface area contributed by atoms with Crippen molar-refractivity contribution in [2.45, 2.75) is 6.92 Å². The number of thiocarbonyl (C=S) groups is 1. The van der Waals surface area contributed by atoms with Gasteiger partial charge in [0.25, 0.3) is 0 Å². The van der Waals surface area contributed by atoms with Crippen LogP contribution in [0.4, 0.5) is 0 Å². The number of nitrogens with one attached hydrogen (secondary N) is 1. The number of rotatable bonds is 2. The Morgan fingerprint density at radius 3 is 2.39 bits per heavy atom. The van der Waals surface area contributed by atoms with Gasteiger partial charge in [-0.2, -0.15) is 0 Å². The van der Waals surface area contributed by atoms with Crippen LogP contribution in [0.5, 0.6) is 0 Å². The summed E-state index contributed by atoms with van der Waals surface area (Å²) in [6, 6.07) is 6.62. The predicted molar refractivity (Wildman–Crippen MR) is 74.8 cm³/mol. The van der Waals surface area contributed by atoms with Gasteiger partial charge in [0, 0.05) is 5.56 Å². The molecule has 0 unspecified atom stereocenters. The van der Waals surface area contributed by atoms with Gasteiger partial charge in [-0.05, 0) is 31.3 Å². The summed E-state index contributed by atoms with van der Waals surface area (Å²) < 4.78 is 0. The maximum atomic E-state index is 11.4. The van der Waals surface area contributed by atoms with Crippen molar-refractivity contribution in [3.63, 3.8) is 0 Å². The smallest absolute Gasteiger partial charge is 0.211 e. The number of hydrazine groups is 1. The molecule has 0 heterocycles. The van der Waals surface area contributed by atoms with Crippen LogP contribution in [0.1, 0.15) is 17.3 Å². The van der Waals surface area contributed by atoms with E-state index in [0.29, 0.717) is 10.6 Å². The van der Waals surface area contributed by atoms with E-state index >= 15 is 0 Å². The molecule has 8 heteroatoms. The molecule has 6 N–H and O–H groups in total. The summed E-state index contributed by atoms with van der Waals surface area (Å²) in [4.78, 5) is 11.4. The first-order chi connectivity index (χ1) is 8.43. The first-order valence-corrected chi connectivity index (χ1v) is 5.46. The lowest BCUT2D eigenvalue weighted by atomic mass is 10.1. The molecule has 0 aliphatic heterocycles. The maximum Gasteiger partial charge on any atom is 0.211 e. The number of hydrogen-bond donors (Lipinski definition) is 4. The zero-order valence-corrected chi connectivity index (χ0v) is 11.1. The molecule has 0 saturated carbocycles. The Kier molecular flexibility index (Phi) is 7.61. The molecule has 6 nitrogen and oxygen atoms in total. The van der Waals surface area contributed by atoms with Crippen LogP contribution >= 0.6 is 23.8 Å². The van der Waals surface area contributed by atoms with Crippen LogP contribution in [-0.2, 0) is 0 Å². The molecule has 0 aliphatic rings. The number of Topliss-reactive ketones (excluding diaryl/α,β-unsaturated/α-hetero) is 1. The molecule has 98 valence electrons. The molecule has 0 bridgehead atoms. The van der Waals surface area contributed by atoms with E-state index in [2.05, 4.69) is 23.2 Å². The van der Waals surface area contributed by atoms with Gasteiger partial charge >= 0.3 is 0 Å². The second-order valence-electron chi connectivity index (χ2n) is 3.00. The normalized spacial score (nSPS) is 10.1. The highest BCUT2D eigenvalue weighted by Gasteiger charge is 2.12. The fourth-order valence-electron chi connectivity index (χ4n) is 0.886. The van der Waals surface area contributed by atoms with E-state index in [1.54, 1.807) is 24.3 Å². The van der Waals surface area contributed by atoms with Crippen LogP contribution < -0.4 is 17.0 Å². The van der Waals surface area contributed by atoms with Gasteiger partial charge in [0.2, 0.25) is 5.78 Å². The number of nitrogens with two attached hydrogens (primary N) is 2. The van der Waals surface area contributed by atoms with E-state index in [4.69, 9.17) is 22.5 Å². The highest BCUT2D eigenvalue weighted by atomic mass is 35.5. The van der Waals surface area contributed by atoms with E-state index in [0.717, 1.165) is 0 Å². The molecule has 18 heavy (non-hydrogen) atoms. The van der Waals surface area contributed by atoms with Crippen LogP contribution in [0.25, 0.3) is 0 Å². The van der Waals surface area contributed by atoms with Crippen molar-refractivity contribution >= 4 is 40.4 Å². The van der Waals surface area contributed by atoms with E-state index in [9.17, 15) is 4.79 Å². The van der Waals surface area contributed by atoms with Gasteiger partial charge in [-0.15, -0.1) is 0 Å². The lowest BCUT2D eigenvalue weighted by molar-refractivity contribution is 0.106. The van der Waals surface area contributed by atoms with Crippen molar-refractivity contribution in [2.24, 2.45) is 16.7 Å². The Hall–Kier alpha value is -1.70. The molecule has 0 radical (unpaired) electrons. The zero-order valence-electron chi connectivity index (χ0n) is 9.55. The highest BCUT2D eigenvalue weighted by Crippen LogP contribution is 2.15. The Morgan fingerprint density at radius 1 is 1.50 bits per heavy atom. The van der Waals surface area contributed by atoms with Gasteiger partial charge in [0.1, 0.15) is 5.71 Å². The minimum atomic E-state index is -0.367. The number of carbonyl (C=O) groups excluding carboxylic acids is 1. The fraction of sp³-hybridized carbons (Fsp3) is 0.100. The van der Waals surface area contributed by atoms with Crippen molar-refractivity contribution in [2.75, 3.05) is 0 Å². The van der Waals surface area contributed by atoms with E-state index in [1.807, 2.05) is 5.43 Å². The van der Waals surface area contributed by atoms with Crippen LogP contribution in [0, 0.1) is 0 Å².